The molecule has 88 valence electrons. The maximum atomic E-state index is 8.86. The van der Waals surface area contributed by atoms with Crippen LogP contribution in [0.4, 0.5) is 0 Å². The van der Waals surface area contributed by atoms with Gasteiger partial charge in [0, 0.05) is 12.1 Å². The quantitative estimate of drug-likeness (QED) is 0.590. The zero-order chi connectivity index (χ0) is 11.6. The van der Waals surface area contributed by atoms with E-state index in [0.717, 1.165) is 19.3 Å². The van der Waals surface area contributed by atoms with Gasteiger partial charge in [-0.05, 0) is 38.7 Å². The lowest BCUT2D eigenvalue weighted by molar-refractivity contribution is 0.279. The molecule has 2 rings (SSSR count). The Labute approximate surface area is 97.7 Å². The second-order valence-electron chi connectivity index (χ2n) is 5.20. The zero-order valence-corrected chi connectivity index (χ0v) is 10.2. The van der Waals surface area contributed by atoms with Crippen molar-refractivity contribution < 1.29 is 5.11 Å². The summed E-state index contributed by atoms with van der Waals surface area (Å²) < 4.78 is 0. The van der Waals surface area contributed by atoms with E-state index in [1.807, 2.05) is 0 Å². The van der Waals surface area contributed by atoms with Crippen molar-refractivity contribution in [3.8, 4) is 0 Å². The van der Waals surface area contributed by atoms with Gasteiger partial charge in [-0.15, -0.1) is 0 Å². The van der Waals surface area contributed by atoms with E-state index in [1.54, 1.807) is 0 Å². The van der Waals surface area contributed by atoms with Gasteiger partial charge in [-0.3, -0.25) is 5.32 Å². The molecule has 0 amide bonds. The predicted molar refractivity (Wildman–Crippen MR) is 66.3 cm³/mol. The van der Waals surface area contributed by atoms with Gasteiger partial charge in [-0.25, -0.2) is 0 Å². The molecule has 0 aromatic heterocycles. The van der Waals surface area contributed by atoms with Crippen LogP contribution in [0.15, 0.2) is 30.3 Å². The molecule has 0 bridgehead atoms. The van der Waals surface area contributed by atoms with Crippen LogP contribution in [0.1, 0.15) is 38.7 Å². The van der Waals surface area contributed by atoms with Crippen molar-refractivity contribution in [2.75, 3.05) is 6.61 Å². The number of aliphatic hydroxyl groups excluding tert-OH is 1. The summed E-state index contributed by atoms with van der Waals surface area (Å²) in [6, 6.07) is 10.6. The Bertz CT molecular complexity index is 347. The Kier molecular flexibility index (Phi) is 3.04. The maximum Gasteiger partial charge on any atom is 0.0618 e. The van der Waals surface area contributed by atoms with E-state index in [-0.39, 0.29) is 11.1 Å². The molecule has 0 aliphatic carbocycles. The fourth-order valence-corrected chi connectivity index (χ4v) is 2.68. The number of unbranched alkanes of at least 4 members (excludes halogenated alkanes) is 1. The molecule has 1 unspecified atom stereocenters. The van der Waals surface area contributed by atoms with Crippen LogP contribution in [-0.2, 0) is 5.54 Å². The van der Waals surface area contributed by atoms with E-state index >= 15 is 0 Å². The molecular weight excluding hydrogens is 198 g/mol. The highest BCUT2D eigenvalue weighted by Crippen LogP contribution is 2.50. The summed E-state index contributed by atoms with van der Waals surface area (Å²) in [5.74, 6) is 0. The first kappa shape index (κ1) is 11.6. The van der Waals surface area contributed by atoms with Crippen LogP contribution in [0.5, 0.6) is 0 Å². The van der Waals surface area contributed by atoms with E-state index < -0.39 is 0 Å². The lowest BCUT2D eigenvalue weighted by Gasteiger charge is -2.18. The second-order valence-corrected chi connectivity index (χ2v) is 5.20. The molecule has 1 atom stereocenters. The fourth-order valence-electron chi connectivity index (χ4n) is 2.68. The highest BCUT2D eigenvalue weighted by Gasteiger charge is 2.60. The standard InChI is InChI=1S/C14H21NO/c1-13(2)14(15-13,10-6-7-11-16)12-8-4-3-5-9-12/h3-5,8-9,15-16H,6-7,10-11H2,1-2H3. The number of benzene rings is 1. The number of rotatable bonds is 5. The molecule has 2 heteroatoms. The molecular formula is C14H21NO. The van der Waals surface area contributed by atoms with Gasteiger partial charge >= 0.3 is 0 Å². The smallest absolute Gasteiger partial charge is 0.0618 e. The van der Waals surface area contributed by atoms with Crippen molar-refractivity contribution in [3.05, 3.63) is 35.9 Å². The molecule has 1 heterocycles. The fraction of sp³-hybridized carbons (Fsp3) is 0.571. The van der Waals surface area contributed by atoms with Crippen molar-refractivity contribution in [3.63, 3.8) is 0 Å². The Hall–Kier alpha value is -0.860. The molecule has 16 heavy (non-hydrogen) atoms. The molecule has 1 aromatic carbocycles. The van der Waals surface area contributed by atoms with Crippen LogP contribution in [0.25, 0.3) is 0 Å². The zero-order valence-electron chi connectivity index (χ0n) is 10.2. The maximum absolute atomic E-state index is 8.86. The lowest BCUT2D eigenvalue weighted by Crippen LogP contribution is -2.19. The molecule has 2 nitrogen and oxygen atoms in total. The third-order valence-electron chi connectivity index (χ3n) is 3.76. The van der Waals surface area contributed by atoms with Crippen molar-refractivity contribution >= 4 is 0 Å². The molecule has 1 aliphatic rings. The number of hydrogen-bond acceptors (Lipinski definition) is 2. The minimum atomic E-state index is 0.128. The Morgan fingerprint density at radius 1 is 1.12 bits per heavy atom. The summed E-state index contributed by atoms with van der Waals surface area (Å²) in [7, 11) is 0. The number of aliphatic hydroxyl groups is 1. The van der Waals surface area contributed by atoms with Crippen LogP contribution in [0.3, 0.4) is 0 Å². The third kappa shape index (κ3) is 1.87. The first-order chi connectivity index (χ1) is 7.62. The summed E-state index contributed by atoms with van der Waals surface area (Å²) in [5, 5.41) is 12.5. The number of hydrogen-bond donors (Lipinski definition) is 2. The van der Waals surface area contributed by atoms with E-state index in [2.05, 4.69) is 49.5 Å². The largest absolute Gasteiger partial charge is 0.396 e. The second kappa shape index (κ2) is 4.19. The first-order valence-electron chi connectivity index (χ1n) is 6.08. The van der Waals surface area contributed by atoms with Gasteiger partial charge in [0.2, 0.25) is 0 Å². The average molecular weight is 219 g/mol. The highest BCUT2D eigenvalue weighted by atomic mass is 16.2. The highest BCUT2D eigenvalue weighted by molar-refractivity contribution is 5.38. The molecule has 2 N–H and O–H groups in total. The van der Waals surface area contributed by atoms with Crippen LogP contribution in [0, 0.1) is 0 Å². The van der Waals surface area contributed by atoms with Crippen LogP contribution >= 0.6 is 0 Å². The van der Waals surface area contributed by atoms with Gasteiger partial charge in [0.05, 0.1) is 5.54 Å². The summed E-state index contributed by atoms with van der Waals surface area (Å²) in [4.78, 5) is 0. The van der Waals surface area contributed by atoms with E-state index in [0.29, 0.717) is 6.61 Å². The van der Waals surface area contributed by atoms with Gasteiger partial charge in [0.25, 0.3) is 0 Å². The SMILES string of the molecule is CC1(C)NC1(CCCCO)c1ccccc1. The van der Waals surface area contributed by atoms with Gasteiger partial charge < -0.3 is 5.11 Å². The average Bonchev–Trinajstić information content (AvgIpc) is 2.84. The van der Waals surface area contributed by atoms with Crippen LogP contribution in [0.2, 0.25) is 0 Å². The Morgan fingerprint density at radius 3 is 2.25 bits per heavy atom. The summed E-state index contributed by atoms with van der Waals surface area (Å²) in [5.41, 5.74) is 1.69. The van der Waals surface area contributed by atoms with Gasteiger partial charge in [-0.2, -0.15) is 0 Å². The van der Waals surface area contributed by atoms with Gasteiger partial charge in [-0.1, -0.05) is 30.3 Å². The van der Waals surface area contributed by atoms with Crippen molar-refractivity contribution in [2.24, 2.45) is 0 Å². The first-order valence-corrected chi connectivity index (χ1v) is 6.08. The molecule has 0 spiro atoms. The topological polar surface area (TPSA) is 42.2 Å². The summed E-state index contributed by atoms with van der Waals surface area (Å²) in [6.45, 7) is 4.79. The number of nitrogens with one attached hydrogen (secondary N) is 1. The van der Waals surface area contributed by atoms with E-state index in [4.69, 9.17) is 5.11 Å². The van der Waals surface area contributed by atoms with Gasteiger partial charge in [0.1, 0.15) is 0 Å². The lowest BCUT2D eigenvalue weighted by atomic mass is 9.84. The van der Waals surface area contributed by atoms with Crippen molar-refractivity contribution in [2.45, 2.75) is 44.2 Å². The third-order valence-corrected chi connectivity index (χ3v) is 3.76. The molecule has 1 aliphatic heterocycles. The van der Waals surface area contributed by atoms with Crippen molar-refractivity contribution in [1.82, 2.24) is 5.32 Å². The minimum absolute atomic E-state index is 0.128. The minimum Gasteiger partial charge on any atom is -0.396 e. The molecule has 0 saturated carbocycles. The molecule has 1 saturated heterocycles. The Balaban J connectivity index is 2.13. The van der Waals surface area contributed by atoms with E-state index in [9.17, 15) is 0 Å². The Morgan fingerprint density at radius 2 is 1.75 bits per heavy atom. The summed E-state index contributed by atoms with van der Waals surface area (Å²) >= 11 is 0. The predicted octanol–water partition coefficient (Wildman–Crippen LogP) is 2.43. The molecule has 1 fully saturated rings. The van der Waals surface area contributed by atoms with Crippen molar-refractivity contribution in [1.29, 1.82) is 0 Å². The van der Waals surface area contributed by atoms with Gasteiger partial charge in [0.15, 0.2) is 0 Å². The summed E-state index contributed by atoms with van der Waals surface area (Å²) in [6.07, 6.45) is 3.07. The molecule has 1 aromatic rings. The molecule has 0 radical (unpaired) electrons. The van der Waals surface area contributed by atoms with Crippen LogP contribution in [-0.4, -0.2) is 17.3 Å². The normalized spacial score (nSPS) is 26.7. The van der Waals surface area contributed by atoms with E-state index in [1.165, 1.54) is 5.56 Å². The monoisotopic (exact) mass is 219 g/mol. The van der Waals surface area contributed by atoms with Crippen LogP contribution < -0.4 is 5.32 Å².